The van der Waals surface area contributed by atoms with Crippen molar-refractivity contribution >= 4 is 46.1 Å². The monoisotopic (exact) mass is 542 g/mol. The van der Waals surface area contributed by atoms with Gasteiger partial charge in [0.15, 0.2) is 0 Å². The van der Waals surface area contributed by atoms with E-state index < -0.39 is 23.1 Å². The summed E-state index contributed by atoms with van der Waals surface area (Å²) >= 11 is 11.5. The number of benzene rings is 2. The number of nitrogens with zero attached hydrogens (tertiary/aromatic N) is 2. The van der Waals surface area contributed by atoms with Crippen molar-refractivity contribution in [1.29, 1.82) is 0 Å². The van der Waals surface area contributed by atoms with E-state index in [1.807, 2.05) is 49.4 Å². The van der Waals surface area contributed by atoms with Gasteiger partial charge >= 0.3 is 5.97 Å². The summed E-state index contributed by atoms with van der Waals surface area (Å²) in [7, 11) is 3.52. The zero-order chi connectivity index (χ0) is 26.0. The van der Waals surface area contributed by atoms with Crippen LogP contribution in [0.2, 0.25) is 10.0 Å². The van der Waals surface area contributed by atoms with Crippen LogP contribution in [0.25, 0.3) is 0 Å². The van der Waals surface area contributed by atoms with Gasteiger partial charge < -0.3 is 14.4 Å². The maximum Gasteiger partial charge on any atom is 0.308 e. The Bertz CT molecular complexity index is 976. The average molecular weight is 544 g/mol. The van der Waals surface area contributed by atoms with E-state index in [9.17, 15) is 13.8 Å². The minimum absolute atomic E-state index is 0.146. The van der Waals surface area contributed by atoms with Crippen LogP contribution >= 0.6 is 23.2 Å². The van der Waals surface area contributed by atoms with Gasteiger partial charge in [0.1, 0.15) is 6.10 Å². The molecule has 0 radical (unpaired) electrons. The third-order valence-electron chi connectivity index (χ3n) is 5.50. The highest BCUT2D eigenvalue weighted by molar-refractivity contribution is 7.82. The SMILES string of the molecule is CC[C@@H](CS(=O)N(C)C)N1C(=O)[C@@H](CC(=O)OC)OC[C@H]1c1ccc(Cl)cc1.Clc1ccccc1. The minimum Gasteiger partial charge on any atom is -0.469 e. The molecule has 1 aliphatic heterocycles. The number of methoxy groups -OCH3 is 1. The Hall–Kier alpha value is -1.97. The molecule has 2 aromatic carbocycles. The van der Waals surface area contributed by atoms with Crippen molar-refractivity contribution in [2.75, 3.05) is 33.6 Å². The molecule has 4 atom stereocenters. The summed E-state index contributed by atoms with van der Waals surface area (Å²) in [6.07, 6.45) is -0.426. The van der Waals surface area contributed by atoms with Crippen molar-refractivity contribution in [2.45, 2.75) is 38.0 Å². The van der Waals surface area contributed by atoms with Crippen LogP contribution in [0.15, 0.2) is 54.6 Å². The standard InChI is InChI=1S/C19H27ClN2O5S.C6H5Cl/c1-5-15(12-28(25)21(2)3)22-16(13-6-8-14(20)9-7-13)11-27-17(19(22)24)10-18(23)26-4;7-6-4-2-1-3-5-6/h6-9,15-17H,5,10-12H2,1-4H3;1-5H/t15-,16-,17+,28?;/m0./s1. The fourth-order valence-electron chi connectivity index (χ4n) is 3.56. The molecule has 2 aromatic rings. The number of carbonyl (C=O) groups is 2. The van der Waals surface area contributed by atoms with Gasteiger partial charge in [-0.2, -0.15) is 0 Å². The summed E-state index contributed by atoms with van der Waals surface area (Å²) in [5.74, 6) is -0.489. The molecule has 0 bridgehead atoms. The van der Waals surface area contributed by atoms with Gasteiger partial charge in [0.05, 0.1) is 42.9 Å². The summed E-state index contributed by atoms with van der Waals surface area (Å²) in [5.41, 5.74) is 0.878. The van der Waals surface area contributed by atoms with Gasteiger partial charge in [0, 0.05) is 16.1 Å². The predicted octanol–water partition coefficient (Wildman–Crippen LogP) is 4.52. The maximum absolute atomic E-state index is 13.2. The lowest BCUT2D eigenvalue weighted by Gasteiger charge is -2.43. The van der Waals surface area contributed by atoms with E-state index in [1.54, 1.807) is 35.4 Å². The van der Waals surface area contributed by atoms with Crippen LogP contribution in [0.1, 0.15) is 31.4 Å². The van der Waals surface area contributed by atoms with Crippen molar-refractivity contribution in [3.8, 4) is 0 Å². The highest BCUT2D eigenvalue weighted by Gasteiger charge is 2.41. The van der Waals surface area contributed by atoms with E-state index in [0.717, 1.165) is 10.6 Å². The first-order valence-electron chi connectivity index (χ1n) is 11.2. The first-order chi connectivity index (χ1) is 16.7. The molecule has 3 rings (SSSR count). The molecule has 192 valence electrons. The lowest BCUT2D eigenvalue weighted by Crippen LogP contribution is -2.55. The number of rotatable bonds is 8. The zero-order valence-corrected chi connectivity index (χ0v) is 22.7. The summed E-state index contributed by atoms with van der Waals surface area (Å²) in [6.45, 7) is 2.19. The third kappa shape index (κ3) is 8.88. The molecular weight excluding hydrogens is 511 g/mol. The molecule has 1 heterocycles. The summed E-state index contributed by atoms with van der Waals surface area (Å²) in [4.78, 5) is 26.6. The quantitative estimate of drug-likeness (QED) is 0.458. The fraction of sp³-hybridized carbons (Fsp3) is 0.440. The minimum atomic E-state index is -1.23. The Morgan fingerprint density at radius 2 is 1.74 bits per heavy atom. The van der Waals surface area contributed by atoms with Gasteiger partial charge in [-0.25, -0.2) is 8.51 Å². The topological polar surface area (TPSA) is 76.2 Å². The molecule has 0 aromatic heterocycles. The second kappa shape index (κ2) is 14.6. The molecule has 35 heavy (non-hydrogen) atoms. The number of halogens is 2. The van der Waals surface area contributed by atoms with E-state index in [-0.39, 0.29) is 31.0 Å². The molecule has 1 unspecified atom stereocenters. The lowest BCUT2D eigenvalue weighted by atomic mass is 9.99. The van der Waals surface area contributed by atoms with Crippen molar-refractivity contribution < 1.29 is 23.3 Å². The summed E-state index contributed by atoms with van der Waals surface area (Å²) in [5, 5.41) is 1.39. The van der Waals surface area contributed by atoms with Crippen molar-refractivity contribution in [3.05, 3.63) is 70.2 Å². The number of hydrogen-bond acceptors (Lipinski definition) is 5. The third-order valence-corrected chi connectivity index (χ3v) is 7.48. The van der Waals surface area contributed by atoms with Gasteiger partial charge in [-0.1, -0.05) is 60.5 Å². The number of amides is 1. The Morgan fingerprint density at radius 1 is 1.14 bits per heavy atom. The first kappa shape index (κ1) is 29.3. The van der Waals surface area contributed by atoms with Gasteiger partial charge in [0.2, 0.25) is 0 Å². The molecule has 10 heteroatoms. The van der Waals surface area contributed by atoms with Crippen LogP contribution in [0.5, 0.6) is 0 Å². The van der Waals surface area contributed by atoms with Crippen molar-refractivity contribution in [2.24, 2.45) is 0 Å². The fourth-order valence-corrected chi connectivity index (χ4v) is 4.85. The van der Waals surface area contributed by atoms with Crippen LogP contribution in [0.4, 0.5) is 0 Å². The zero-order valence-electron chi connectivity index (χ0n) is 20.4. The van der Waals surface area contributed by atoms with Crippen LogP contribution in [0.3, 0.4) is 0 Å². The van der Waals surface area contributed by atoms with E-state index in [1.165, 1.54) is 7.11 Å². The molecule has 1 fully saturated rings. The van der Waals surface area contributed by atoms with Crippen LogP contribution in [-0.2, 0) is 30.0 Å². The highest BCUT2D eigenvalue weighted by atomic mass is 35.5. The first-order valence-corrected chi connectivity index (χ1v) is 13.2. The van der Waals surface area contributed by atoms with Gasteiger partial charge in [-0.05, 0) is 50.3 Å². The van der Waals surface area contributed by atoms with E-state index >= 15 is 0 Å². The number of hydrogen-bond donors (Lipinski definition) is 0. The van der Waals surface area contributed by atoms with Gasteiger partial charge in [-0.15, -0.1) is 0 Å². The van der Waals surface area contributed by atoms with E-state index in [2.05, 4.69) is 4.74 Å². The van der Waals surface area contributed by atoms with E-state index in [4.69, 9.17) is 27.9 Å². The Balaban J connectivity index is 0.000000527. The maximum atomic E-state index is 13.2. The molecule has 0 saturated carbocycles. The molecule has 0 N–H and O–H groups in total. The second-order valence-corrected chi connectivity index (χ2v) is 10.7. The van der Waals surface area contributed by atoms with Crippen LogP contribution in [-0.4, -0.2) is 71.0 Å². The predicted molar refractivity (Wildman–Crippen MR) is 140 cm³/mol. The summed E-state index contributed by atoms with van der Waals surface area (Å²) in [6, 6.07) is 16.1. The van der Waals surface area contributed by atoms with Gasteiger partial charge in [-0.3, -0.25) is 9.59 Å². The van der Waals surface area contributed by atoms with Crippen molar-refractivity contribution in [1.82, 2.24) is 9.21 Å². The Morgan fingerprint density at radius 3 is 2.23 bits per heavy atom. The molecular formula is C25H32Cl2N2O5S. The molecule has 1 aliphatic rings. The molecule has 1 amide bonds. The molecule has 7 nitrogen and oxygen atoms in total. The average Bonchev–Trinajstić information content (AvgIpc) is 2.85. The van der Waals surface area contributed by atoms with Crippen LogP contribution in [0, 0.1) is 0 Å². The molecule has 1 saturated heterocycles. The Kier molecular flexibility index (Phi) is 12.2. The second-order valence-electron chi connectivity index (χ2n) is 8.07. The van der Waals surface area contributed by atoms with Crippen LogP contribution < -0.4 is 0 Å². The number of esters is 1. The normalized spacial score (nSPS) is 19.5. The Labute approximate surface area is 219 Å². The van der Waals surface area contributed by atoms with Gasteiger partial charge in [0.25, 0.3) is 5.91 Å². The van der Waals surface area contributed by atoms with Crippen molar-refractivity contribution in [3.63, 3.8) is 0 Å². The molecule has 0 aliphatic carbocycles. The number of morpholine rings is 1. The number of ether oxygens (including phenoxy) is 2. The summed E-state index contributed by atoms with van der Waals surface area (Å²) < 4.78 is 24.5. The largest absolute Gasteiger partial charge is 0.469 e. The number of carbonyl (C=O) groups excluding carboxylic acids is 2. The molecule has 0 spiro atoms. The van der Waals surface area contributed by atoms with E-state index in [0.29, 0.717) is 17.2 Å². The lowest BCUT2D eigenvalue weighted by molar-refractivity contribution is -0.169. The smallest absolute Gasteiger partial charge is 0.308 e. The highest BCUT2D eigenvalue weighted by Crippen LogP contribution is 2.32.